The number of guanidine groups is 1. The molecular weight excluding hydrogens is 735 g/mol. The minimum absolute atomic E-state index is 0.0320. The number of alkyl carbamates (subject to hydrolysis) is 1. The lowest BCUT2D eigenvalue weighted by atomic mass is 9.71. The molecule has 2 aliphatic carbocycles. The summed E-state index contributed by atoms with van der Waals surface area (Å²) in [6, 6.07) is 11.9. The van der Waals surface area contributed by atoms with E-state index in [1.165, 1.54) is 18.2 Å². The van der Waals surface area contributed by atoms with Gasteiger partial charge in [-0.25, -0.2) is 23.2 Å². The van der Waals surface area contributed by atoms with Crippen molar-refractivity contribution in [2.45, 2.75) is 82.1 Å². The van der Waals surface area contributed by atoms with Crippen LogP contribution in [0.4, 0.5) is 26.7 Å². The number of rotatable bonds is 10. The number of hydrogen-bond donors (Lipinski definition) is 3. The number of carbonyl (C=O) groups is 2. The highest BCUT2D eigenvalue weighted by Gasteiger charge is 2.65. The number of halogens is 6. The average molecular weight is 771 g/mol. The maximum atomic E-state index is 15.2. The Labute approximate surface area is 311 Å². The molecule has 2 amide bonds. The molecule has 1 aliphatic heterocycles. The standard InChI is InChI=1S/C37H36ClF5N8O3/c1-19(34(2,3)4)36(23-9-12-26-21(15-23)8-11-25(47-26)20-5-6-20)31(52)50(32(44)48-36)28(17-54-33(53)49-35(13-14-35)37(41,42)43)22-7-10-24(38)27(16-22)51-30(29(39)40)45-18-46-51/h7-12,15-16,18,20,28-29H,1,5-6,13-14,17H2,2-4H3,(H2,44,48)(H,49,53)/t28-,36-/m1/s1. The van der Waals surface area contributed by atoms with E-state index in [9.17, 15) is 32.2 Å². The van der Waals surface area contributed by atoms with Crippen LogP contribution in [0.25, 0.3) is 16.6 Å². The summed E-state index contributed by atoms with van der Waals surface area (Å²) >= 11 is 6.44. The van der Waals surface area contributed by atoms with Crippen LogP contribution in [0.1, 0.15) is 87.5 Å². The van der Waals surface area contributed by atoms with Gasteiger partial charge >= 0.3 is 12.3 Å². The van der Waals surface area contributed by atoms with Crippen molar-refractivity contribution < 1.29 is 36.3 Å². The van der Waals surface area contributed by atoms with Gasteiger partial charge in [-0.05, 0) is 78.1 Å². The van der Waals surface area contributed by atoms with Crippen LogP contribution in [0.5, 0.6) is 0 Å². The zero-order valence-corrected chi connectivity index (χ0v) is 30.2. The summed E-state index contributed by atoms with van der Waals surface area (Å²) in [5, 5.41) is 18.7. The Bertz CT molecular complexity index is 2190. The third-order valence-corrected chi connectivity index (χ3v) is 10.6. The predicted molar refractivity (Wildman–Crippen MR) is 188 cm³/mol. The highest BCUT2D eigenvalue weighted by Crippen LogP contribution is 2.49. The first-order chi connectivity index (χ1) is 25.4. The van der Waals surface area contributed by atoms with Gasteiger partial charge in [0.15, 0.2) is 17.3 Å². The maximum Gasteiger partial charge on any atom is 0.411 e. The van der Waals surface area contributed by atoms with Gasteiger partial charge in [-0.2, -0.15) is 18.3 Å². The number of hydrogen-bond acceptors (Lipinski definition) is 7. The first-order valence-corrected chi connectivity index (χ1v) is 17.5. The van der Waals surface area contributed by atoms with E-state index in [-0.39, 0.29) is 29.1 Å². The monoisotopic (exact) mass is 770 g/mol. The second-order valence-electron chi connectivity index (χ2n) is 14.9. The molecule has 2 aromatic heterocycles. The second-order valence-corrected chi connectivity index (χ2v) is 15.3. The number of nitrogens with one attached hydrogen (secondary N) is 3. The molecule has 3 N–H and O–H groups in total. The maximum absolute atomic E-state index is 15.2. The van der Waals surface area contributed by atoms with Crippen molar-refractivity contribution in [3.05, 3.63) is 94.7 Å². The summed E-state index contributed by atoms with van der Waals surface area (Å²) < 4.78 is 75.0. The molecule has 2 aromatic carbocycles. The quantitative estimate of drug-likeness (QED) is 0.110. The topological polar surface area (TPSA) is 138 Å². The number of carbonyl (C=O) groups excluding carboxylic acids is 2. The Morgan fingerprint density at radius 3 is 2.48 bits per heavy atom. The molecule has 0 bridgehead atoms. The highest BCUT2D eigenvalue weighted by atomic mass is 35.5. The van der Waals surface area contributed by atoms with E-state index in [0.29, 0.717) is 22.6 Å². The van der Waals surface area contributed by atoms with Gasteiger partial charge in [0.1, 0.15) is 18.5 Å². The summed E-state index contributed by atoms with van der Waals surface area (Å²) in [6.45, 7) is 9.14. The average Bonchev–Trinajstić information content (AvgIpc) is 4.03. The summed E-state index contributed by atoms with van der Waals surface area (Å²) in [7, 11) is 0. The molecule has 11 nitrogen and oxygen atoms in total. The van der Waals surface area contributed by atoms with E-state index < -0.39 is 65.5 Å². The molecule has 17 heteroatoms. The summed E-state index contributed by atoms with van der Waals surface area (Å²) in [5.41, 5.74) is -2.35. The zero-order chi connectivity index (χ0) is 39.0. The predicted octanol–water partition coefficient (Wildman–Crippen LogP) is 8.01. The normalized spacial score (nSPS) is 20.3. The van der Waals surface area contributed by atoms with Gasteiger partial charge in [-0.3, -0.25) is 20.1 Å². The van der Waals surface area contributed by atoms with Crippen LogP contribution < -0.4 is 10.6 Å². The van der Waals surface area contributed by atoms with Gasteiger partial charge in [0.05, 0.1) is 22.3 Å². The van der Waals surface area contributed by atoms with E-state index in [1.807, 2.05) is 38.2 Å². The van der Waals surface area contributed by atoms with Crippen molar-refractivity contribution in [3.63, 3.8) is 0 Å². The summed E-state index contributed by atoms with van der Waals surface area (Å²) in [5.74, 6) is -1.47. The lowest BCUT2D eigenvalue weighted by Crippen LogP contribution is -2.49. The Morgan fingerprint density at radius 1 is 1.13 bits per heavy atom. The van der Waals surface area contributed by atoms with Crippen LogP contribution in [0.2, 0.25) is 5.02 Å². The third kappa shape index (κ3) is 6.43. The van der Waals surface area contributed by atoms with Gasteiger partial charge in [0.25, 0.3) is 12.3 Å². The second kappa shape index (κ2) is 13.0. The molecule has 3 heterocycles. The molecule has 0 radical (unpaired) electrons. The number of ether oxygens (including phenoxy) is 1. The van der Waals surface area contributed by atoms with Crippen molar-refractivity contribution in [2.75, 3.05) is 6.61 Å². The number of pyridine rings is 1. The number of fused-ring (bicyclic) bond motifs is 1. The number of aromatic nitrogens is 4. The van der Waals surface area contributed by atoms with Crippen LogP contribution in [-0.4, -0.2) is 60.9 Å². The van der Waals surface area contributed by atoms with E-state index in [0.717, 1.165) is 39.8 Å². The van der Waals surface area contributed by atoms with Crippen molar-refractivity contribution in [2.24, 2.45) is 5.41 Å². The van der Waals surface area contributed by atoms with Crippen LogP contribution in [0, 0.1) is 10.8 Å². The van der Waals surface area contributed by atoms with E-state index in [4.69, 9.17) is 21.3 Å². The van der Waals surface area contributed by atoms with Gasteiger partial charge in [-0.15, -0.1) is 0 Å². The number of alkyl halides is 5. The lowest BCUT2D eigenvalue weighted by molar-refractivity contribution is -0.164. The Morgan fingerprint density at radius 2 is 1.85 bits per heavy atom. The van der Waals surface area contributed by atoms with Crippen LogP contribution in [-0.2, 0) is 15.1 Å². The fraction of sp³-hybridized carbons (Fsp3) is 0.405. The molecule has 1 saturated heterocycles. The molecule has 3 fully saturated rings. The van der Waals surface area contributed by atoms with Crippen LogP contribution in [0.15, 0.2) is 67.0 Å². The van der Waals surface area contributed by atoms with E-state index >= 15 is 4.79 Å². The van der Waals surface area contributed by atoms with Gasteiger partial charge in [0, 0.05) is 17.0 Å². The van der Waals surface area contributed by atoms with Gasteiger partial charge in [-0.1, -0.05) is 57.2 Å². The molecule has 0 unspecified atom stereocenters. The first kappa shape index (κ1) is 37.2. The van der Waals surface area contributed by atoms with Crippen molar-refractivity contribution in [1.29, 1.82) is 5.41 Å². The van der Waals surface area contributed by atoms with E-state index in [2.05, 4.69) is 22.0 Å². The lowest BCUT2D eigenvalue weighted by Gasteiger charge is -2.37. The van der Waals surface area contributed by atoms with Crippen molar-refractivity contribution >= 4 is 40.5 Å². The largest absolute Gasteiger partial charge is 0.447 e. The molecule has 4 aromatic rings. The molecule has 2 saturated carbocycles. The van der Waals surface area contributed by atoms with E-state index in [1.54, 1.807) is 18.2 Å². The fourth-order valence-electron chi connectivity index (χ4n) is 6.78. The third-order valence-electron chi connectivity index (χ3n) is 10.3. The Balaban J connectivity index is 1.31. The molecule has 0 spiro atoms. The first-order valence-electron chi connectivity index (χ1n) is 17.2. The molecule has 7 rings (SSSR count). The number of benzene rings is 2. The molecule has 54 heavy (non-hydrogen) atoms. The van der Waals surface area contributed by atoms with Crippen molar-refractivity contribution in [3.8, 4) is 5.69 Å². The van der Waals surface area contributed by atoms with Gasteiger partial charge in [0.2, 0.25) is 0 Å². The fourth-order valence-corrected chi connectivity index (χ4v) is 6.98. The highest BCUT2D eigenvalue weighted by molar-refractivity contribution is 6.32. The van der Waals surface area contributed by atoms with Crippen LogP contribution in [0.3, 0.4) is 0 Å². The summed E-state index contributed by atoms with van der Waals surface area (Å²) in [6.07, 6.45) is -6.79. The smallest absolute Gasteiger partial charge is 0.411 e. The van der Waals surface area contributed by atoms with Crippen molar-refractivity contribution in [1.82, 2.24) is 35.3 Å². The summed E-state index contributed by atoms with van der Waals surface area (Å²) in [4.78, 5) is 37.5. The molecule has 284 valence electrons. The number of amides is 2. The Kier molecular flexibility index (Phi) is 8.97. The number of nitrogens with zero attached hydrogens (tertiary/aromatic N) is 5. The Hall–Kier alpha value is -5.12. The minimum atomic E-state index is -4.73. The zero-order valence-electron chi connectivity index (χ0n) is 29.4. The SMILES string of the molecule is C=C(C(C)(C)C)[C@]1(c2ccc3nc(C4CC4)ccc3c2)NC(=N)N([C@H](COC(=O)NC2(C(F)(F)F)CC2)c2ccc(Cl)c(-n3ncnc3C(F)F)c2)C1=O. The van der Waals surface area contributed by atoms with Crippen LogP contribution >= 0.6 is 11.6 Å². The molecule has 2 atom stereocenters. The molecular formula is C37H36ClF5N8O3. The van der Waals surface area contributed by atoms with Gasteiger partial charge < -0.3 is 15.4 Å². The molecule has 3 aliphatic rings. The minimum Gasteiger partial charge on any atom is -0.447 e.